The van der Waals surface area contributed by atoms with E-state index in [2.05, 4.69) is 19.8 Å². The lowest BCUT2D eigenvalue weighted by molar-refractivity contribution is 0.410. The summed E-state index contributed by atoms with van der Waals surface area (Å²) in [6.07, 6.45) is 1.91. The van der Waals surface area contributed by atoms with Gasteiger partial charge >= 0.3 is 0 Å². The van der Waals surface area contributed by atoms with Gasteiger partial charge < -0.3 is 19.5 Å². The smallest absolute Gasteiger partial charge is 0.291 e. The average molecular weight is 444 g/mol. The van der Waals surface area contributed by atoms with Crippen LogP contribution in [0.3, 0.4) is 0 Å². The number of rotatable bonds is 5. The van der Waals surface area contributed by atoms with Gasteiger partial charge in [0.25, 0.3) is 5.82 Å². The van der Waals surface area contributed by atoms with Crippen molar-refractivity contribution < 1.29 is 17.9 Å². The molecule has 0 atom stereocenters. The van der Waals surface area contributed by atoms with Crippen LogP contribution in [0.5, 0.6) is 11.5 Å². The van der Waals surface area contributed by atoms with E-state index in [1.165, 1.54) is 24.4 Å². The number of hydrogen-bond acceptors (Lipinski definition) is 2. The number of hydrogen-bond donors (Lipinski definition) is 2. The first-order chi connectivity index (χ1) is 16.0. The predicted octanol–water partition coefficient (Wildman–Crippen LogP) is 6.91. The summed E-state index contributed by atoms with van der Waals surface area (Å²) in [5.41, 5.74) is 1.80. The van der Waals surface area contributed by atoms with Gasteiger partial charge in [-0.15, -0.1) is 0 Å². The lowest BCUT2D eigenvalue weighted by Gasteiger charge is -2.10. The van der Waals surface area contributed by atoms with Crippen molar-refractivity contribution in [1.82, 2.24) is 15.0 Å². The van der Waals surface area contributed by atoms with Gasteiger partial charge in [0, 0.05) is 29.8 Å². The van der Waals surface area contributed by atoms with Gasteiger partial charge in [0.1, 0.15) is 11.6 Å². The normalized spacial score (nSPS) is 11.0. The first kappa shape index (κ1) is 20.4. The Hall–Kier alpha value is -4.51. The van der Waals surface area contributed by atoms with Gasteiger partial charge in [0.05, 0.1) is 11.1 Å². The van der Waals surface area contributed by atoms with Gasteiger partial charge in [0.15, 0.2) is 17.4 Å². The van der Waals surface area contributed by atoms with Crippen LogP contribution in [0.1, 0.15) is 11.3 Å². The predicted molar refractivity (Wildman–Crippen MR) is 118 cm³/mol. The minimum absolute atomic E-state index is 0.0141. The highest BCUT2D eigenvalue weighted by atomic mass is 19.1. The number of H-pyrrole nitrogens is 2. The Labute approximate surface area is 186 Å². The number of ether oxygens (including phenoxy) is 1. The zero-order valence-electron chi connectivity index (χ0n) is 17.0. The molecule has 0 aliphatic rings. The number of nitrogens with zero attached hydrogens (tertiary/aromatic N) is 2. The molecule has 33 heavy (non-hydrogen) atoms. The molecule has 0 fully saturated rings. The molecule has 162 valence electrons. The van der Waals surface area contributed by atoms with E-state index < -0.39 is 23.2 Å². The summed E-state index contributed by atoms with van der Waals surface area (Å²) in [4.78, 5) is 13.4. The van der Waals surface area contributed by atoms with Gasteiger partial charge in [0.2, 0.25) is 5.82 Å². The lowest BCUT2D eigenvalue weighted by Crippen LogP contribution is -1.95. The van der Waals surface area contributed by atoms with Crippen LogP contribution in [0.25, 0.3) is 27.1 Å². The summed E-state index contributed by atoms with van der Waals surface area (Å²) in [7, 11) is 0. The van der Waals surface area contributed by atoms with Crippen LogP contribution in [-0.2, 0) is 6.42 Å². The fraction of sp³-hybridized carbons (Fsp3) is 0.0400. The third kappa shape index (κ3) is 3.81. The van der Waals surface area contributed by atoms with E-state index in [9.17, 15) is 13.2 Å². The Morgan fingerprint density at radius 1 is 0.970 bits per heavy atom. The van der Waals surface area contributed by atoms with E-state index in [-0.39, 0.29) is 28.3 Å². The molecule has 5 aromatic rings. The first-order valence-corrected chi connectivity index (χ1v) is 9.96. The zero-order valence-corrected chi connectivity index (χ0v) is 17.0. The molecule has 0 bridgehead atoms. The van der Waals surface area contributed by atoms with Crippen LogP contribution in [-0.4, -0.2) is 15.0 Å². The Morgan fingerprint density at radius 2 is 1.79 bits per heavy atom. The highest BCUT2D eigenvalue weighted by molar-refractivity contribution is 5.82. The fourth-order valence-corrected chi connectivity index (χ4v) is 3.62. The second-order valence-corrected chi connectivity index (χ2v) is 7.35. The Balaban J connectivity index is 1.51. The number of fused-ring (bicyclic) bond motifs is 1. The summed E-state index contributed by atoms with van der Waals surface area (Å²) in [6.45, 7) is 7.41. The number of aromatic nitrogens is 3. The van der Waals surface area contributed by atoms with Crippen molar-refractivity contribution in [1.29, 1.82) is 0 Å². The molecule has 2 N–H and O–H groups in total. The molecule has 0 unspecified atom stereocenters. The minimum Gasteiger partial charge on any atom is -0.451 e. The minimum atomic E-state index is -0.897. The van der Waals surface area contributed by atoms with E-state index in [1.54, 1.807) is 0 Å². The molecule has 0 saturated carbocycles. The highest BCUT2D eigenvalue weighted by Crippen LogP contribution is 2.35. The molecule has 5 nitrogen and oxygen atoms in total. The molecular weight excluding hydrogens is 429 g/mol. The molecule has 2 aromatic heterocycles. The molecule has 3 aromatic carbocycles. The number of benzene rings is 3. The van der Waals surface area contributed by atoms with Crippen molar-refractivity contribution >= 4 is 16.7 Å². The van der Waals surface area contributed by atoms with E-state index >= 15 is 0 Å². The average Bonchev–Trinajstić information content (AvgIpc) is 3.45. The molecular formula is C25H15F3N4O. The van der Waals surface area contributed by atoms with Gasteiger partial charge in [-0.3, -0.25) is 0 Å². The summed E-state index contributed by atoms with van der Waals surface area (Å²) < 4.78 is 49.3. The molecule has 0 spiro atoms. The summed E-state index contributed by atoms with van der Waals surface area (Å²) in [6, 6.07) is 15.7. The van der Waals surface area contributed by atoms with Gasteiger partial charge in [-0.25, -0.2) is 13.2 Å². The maximum atomic E-state index is 14.7. The van der Waals surface area contributed by atoms with Crippen LogP contribution in [0.2, 0.25) is 0 Å². The van der Waals surface area contributed by atoms with Crippen molar-refractivity contribution in [2.45, 2.75) is 6.42 Å². The Kier molecular flexibility index (Phi) is 5.07. The Bertz CT molecular complexity index is 1520. The Morgan fingerprint density at radius 3 is 2.58 bits per heavy atom. The quantitative estimate of drug-likeness (QED) is 0.290. The first-order valence-electron chi connectivity index (χ1n) is 9.96. The van der Waals surface area contributed by atoms with Crippen LogP contribution in [0.4, 0.5) is 19.0 Å². The molecule has 5 rings (SSSR count). The molecule has 8 heteroatoms. The van der Waals surface area contributed by atoms with Crippen molar-refractivity contribution in [2.75, 3.05) is 0 Å². The summed E-state index contributed by atoms with van der Waals surface area (Å²) in [5.74, 6) is -2.72. The third-order valence-electron chi connectivity index (χ3n) is 5.20. The van der Waals surface area contributed by atoms with Gasteiger partial charge in [-0.05, 0) is 29.8 Å². The van der Waals surface area contributed by atoms with Gasteiger partial charge in [-0.1, -0.05) is 41.9 Å². The topological polar surface area (TPSA) is 58.1 Å². The van der Waals surface area contributed by atoms with E-state index in [0.29, 0.717) is 17.6 Å². The van der Waals surface area contributed by atoms with E-state index in [4.69, 9.17) is 11.3 Å². The molecule has 0 saturated heterocycles. The molecule has 0 aliphatic heterocycles. The van der Waals surface area contributed by atoms with E-state index in [0.717, 1.165) is 17.7 Å². The second-order valence-electron chi connectivity index (χ2n) is 7.35. The number of imidazole rings is 1. The van der Waals surface area contributed by atoms with Crippen LogP contribution < -0.4 is 4.74 Å². The summed E-state index contributed by atoms with van der Waals surface area (Å²) >= 11 is 0. The molecule has 0 amide bonds. The largest absolute Gasteiger partial charge is 0.451 e. The number of aromatic amines is 2. The summed E-state index contributed by atoms with van der Waals surface area (Å²) in [5, 5.41) is 0.173. The lowest BCUT2D eigenvalue weighted by atomic mass is 10.1. The van der Waals surface area contributed by atoms with Crippen LogP contribution >= 0.6 is 0 Å². The second kappa shape index (κ2) is 8.20. The van der Waals surface area contributed by atoms with Gasteiger partial charge in [-0.2, -0.15) is 0 Å². The third-order valence-corrected chi connectivity index (χ3v) is 5.20. The fourth-order valence-electron chi connectivity index (χ4n) is 3.62. The van der Waals surface area contributed by atoms with Crippen molar-refractivity contribution in [3.05, 3.63) is 107 Å². The van der Waals surface area contributed by atoms with Crippen LogP contribution in [0, 0.1) is 24.0 Å². The van der Waals surface area contributed by atoms with Crippen molar-refractivity contribution in [3.63, 3.8) is 0 Å². The van der Waals surface area contributed by atoms with Crippen molar-refractivity contribution in [3.8, 4) is 22.9 Å². The molecule has 2 heterocycles. The number of halogens is 3. The highest BCUT2D eigenvalue weighted by Gasteiger charge is 2.21. The molecule has 0 aliphatic carbocycles. The van der Waals surface area contributed by atoms with E-state index in [1.807, 2.05) is 30.3 Å². The monoisotopic (exact) mass is 444 g/mol. The zero-order chi connectivity index (χ0) is 22.9. The maximum absolute atomic E-state index is 14.7. The maximum Gasteiger partial charge on any atom is 0.291 e. The number of nitrogens with one attached hydrogen (secondary N) is 2. The van der Waals surface area contributed by atoms with Crippen LogP contribution in [0.15, 0.2) is 66.9 Å². The van der Waals surface area contributed by atoms with Crippen molar-refractivity contribution in [2.24, 2.45) is 0 Å². The molecule has 0 radical (unpaired) electrons. The SMILES string of the molecule is [C-]#[N+]c1nc(-c2cc(Oc3c(F)cc4[nH]ccc4c3F)ccc2F)[nH]c1Cc1ccccc1. The standard InChI is InChI=1S/C25H15F3N4O/c1-29-25-21(11-14-5-3-2-4-6-14)31-24(32-25)17-12-15(7-8-18(17)26)33-23-19(27)13-20-16(22(23)28)9-10-30-20/h2-10,12-13,30H,11H2,(H,31,32).